The highest BCUT2D eigenvalue weighted by Gasteiger charge is 2.25. The number of hydrogen-bond donors (Lipinski definition) is 1. The SMILES string of the molecule is CCOC(=O)c1c(NC(=O)c2cccc(C)c2)sc(C)c1-c1ccccc1. The van der Waals surface area contributed by atoms with Gasteiger partial charge in [-0.2, -0.15) is 0 Å². The summed E-state index contributed by atoms with van der Waals surface area (Å²) in [5.74, 6) is -0.676. The third-order valence-electron chi connectivity index (χ3n) is 4.13. The average Bonchev–Trinajstić information content (AvgIpc) is 2.98. The lowest BCUT2D eigenvalue weighted by molar-refractivity contribution is 0.0529. The molecule has 4 nitrogen and oxygen atoms in total. The number of anilines is 1. The van der Waals surface area contributed by atoms with Crippen molar-refractivity contribution in [1.82, 2.24) is 0 Å². The number of thiophene rings is 1. The van der Waals surface area contributed by atoms with Crippen LogP contribution in [0.25, 0.3) is 11.1 Å². The van der Waals surface area contributed by atoms with Crippen LogP contribution in [0.4, 0.5) is 5.00 Å². The summed E-state index contributed by atoms with van der Waals surface area (Å²) in [6, 6.07) is 17.0. The zero-order valence-electron chi connectivity index (χ0n) is 15.5. The molecule has 1 aromatic heterocycles. The van der Waals surface area contributed by atoms with E-state index in [0.717, 1.165) is 21.6 Å². The summed E-state index contributed by atoms with van der Waals surface area (Å²) in [4.78, 5) is 26.3. The van der Waals surface area contributed by atoms with Gasteiger partial charge in [0.05, 0.1) is 6.61 Å². The molecule has 27 heavy (non-hydrogen) atoms. The van der Waals surface area contributed by atoms with Crippen LogP contribution < -0.4 is 5.32 Å². The van der Waals surface area contributed by atoms with Gasteiger partial charge in [0.2, 0.25) is 0 Å². The van der Waals surface area contributed by atoms with Crippen LogP contribution >= 0.6 is 11.3 Å². The van der Waals surface area contributed by atoms with Crippen LogP contribution in [0.3, 0.4) is 0 Å². The second-order valence-electron chi connectivity index (χ2n) is 6.15. The molecule has 1 N–H and O–H groups in total. The van der Waals surface area contributed by atoms with Crippen molar-refractivity contribution in [2.75, 3.05) is 11.9 Å². The van der Waals surface area contributed by atoms with Gasteiger partial charge in [-0.15, -0.1) is 11.3 Å². The summed E-state index contributed by atoms with van der Waals surface area (Å²) < 4.78 is 5.27. The van der Waals surface area contributed by atoms with E-state index < -0.39 is 5.97 Å². The molecule has 0 atom stereocenters. The van der Waals surface area contributed by atoms with Crippen molar-refractivity contribution in [3.63, 3.8) is 0 Å². The molecule has 0 spiro atoms. The normalized spacial score (nSPS) is 10.5. The van der Waals surface area contributed by atoms with E-state index in [0.29, 0.717) is 16.1 Å². The van der Waals surface area contributed by atoms with Gasteiger partial charge in [-0.25, -0.2) is 4.79 Å². The Morgan fingerprint density at radius 3 is 2.44 bits per heavy atom. The zero-order chi connectivity index (χ0) is 19.4. The number of hydrogen-bond acceptors (Lipinski definition) is 4. The zero-order valence-corrected chi connectivity index (χ0v) is 16.4. The summed E-state index contributed by atoms with van der Waals surface area (Å²) >= 11 is 1.38. The number of rotatable bonds is 5. The van der Waals surface area contributed by atoms with Crippen molar-refractivity contribution in [3.05, 3.63) is 76.2 Å². The van der Waals surface area contributed by atoms with Gasteiger partial charge in [-0.1, -0.05) is 48.0 Å². The fourth-order valence-electron chi connectivity index (χ4n) is 2.94. The third-order valence-corrected chi connectivity index (χ3v) is 5.15. The van der Waals surface area contributed by atoms with Gasteiger partial charge in [-0.3, -0.25) is 4.79 Å². The number of amides is 1. The molecule has 3 rings (SSSR count). The molecule has 0 aliphatic rings. The molecule has 1 heterocycles. The number of carbonyl (C=O) groups excluding carboxylic acids is 2. The van der Waals surface area contributed by atoms with E-state index in [1.165, 1.54) is 11.3 Å². The van der Waals surface area contributed by atoms with E-state index >= 15 is 0 Å². The molecule has 3 aromatic rings. The smallest absolute Gasteiger partial charge is 0.341 e. The fraction of sp³-hybridized carbons (Fsp3) is 0.182. The van der Waals surface area contributed by atoms with Crippen molar-refractivity contribution in [2.45, 2.75) is 20.8 Å². The Bertz CT molecular complexity index is 976. The highest BCUT2D eigenvalue weighted by atomic mass is 32.1. The second kappa shape index (κ2) is 8.18. The number of esters is 1. The second-order valence-corrected chi connectivity index (χ2v) is 7.37. The quantitative estimate of drug-likeness (QED) is 0.599. The number of nitrogens with one attached hydrogen (secondary N) is 1. The first kappa shape index (κ1) is 18.9. The fourth-order valence-corrected chi connectivity index (χ4v) is 4.00. The Morgan fingerprint density at radius 2 is 1.78 bits per heavy atom. The number of carbonyl (C=O) groups is 2. The topological polar surface area (TPSA) is 55.4 Å². The van der Waals surface area contributed by atoms with Crippen molar-refractivity contribution in [2.24, 2.45) is 0 Å². The summed E-state index contributed by atoms with van der Waals surface area (Å²) in [5.41, 5.74) is 3.69. The lowest BCUT2D eigenvalue weighted by Crippen LogP contribution is -2.15. The lowest BCUT2D eigenvalue weighted by atomic mass is 10.0. The van der Waals surface area contributed by atoms with Crippen LogP contribution in [0.15, 0.2) is 54.6 Å². The van der Waals surface area contributed by atoms with Crippen molar-refractivity contribution < 1.29 is 14.3 Å². The molecule has 0 unspecified atom stereocenters. The molecule has 0 saturated carbocycles. The lowest BCUT2D eigenvalue weighted by Gasteiger charge is -2.09. The minimum absolute atomic E-state index is 0.245. The molecule has 0 saturated heterocycles. The van der Waals surface area contributed by atoms with Gasteiger partial charge in [0.15, 0.2) is 0 Å². The Kier molecular flexibility index (Phi) is 5.72. The number of benzene rings is 2. The van der Waals surface area contributed by atoms with Crippen molar-refractivity contribution in [1.29, 1.82) is 0 Å². The molecule has 0 aliphatic heterocycles. The summed E-state index contributed by atoms with van der Waals surface area (Å²) in [6.45, 7) is 5.92. The average molecular weight is 379 g/mol. The van der Waals surface area contributed by atoms with E-state index in [9.17, 15) is 9.59 Å². The molecule has 138 valence electrons. The molecular weight excluding hydrogens is 358 g/mol. The third kappa shape index (κ3) is 4.09. The number of ether oxygens (including phenoxy) is 1. The van der Waals surface area contributed by atoms with Crippen LogP contribution in [0.1, 0.15) is 38.1 Å². The number of aryl methyl sites for hydroxylation is 2. The predicted octanol–water partition coefficient (Wildman–Crippen LogP) is 5.46. The van der Waals surface area contributed by atoms with Gasteiger partial charge < -0.3 is 10.1 Å². The van der Waals surface area contributed by atoms with Gasteiger partial charge in [0, 0.05) is 16.0 Å². The molecular formula is C22H21NO3S. The summed E-state index contributed by atoms with van der Waals surface area (Å²) in [7, 11) is 0. The maximum absolute atomic E-state index is 12.7. The van der Waals surface area contributed by atoms with E-state index in [-0.39, 0.29) is 12.5 Å². The Balaban J connectivity index is 2.05. The van der Waals surface area contributed by atoms with E-state index in [1.54, 1.807) is 13.0 Å². The summed E-state index contributed by atoms with van der Waals surface area (Å²) in [6.07, 6.45) is 0. The van der Waals surface area contributed by atoms with Crippen LogP contribution in [0.5, 0.6) is 0 Å². The maximum atomic E-state index is 12.7. The minimum atomic E-state index is -0.430. The van der Waals surface area contributed by atoms with Crippen LogP contribution in [0, 0.1) is 13.8 Å². The highest BCUT2D eigenvalue weighted by molar-refractivity contribution is 7.17. The molecule has 5 heteroatoms. The van der Waals surface area contributed by atoms with Gasteiger partial charge >= 0.3 is 5.97 Å². The van der Waals surface area contributed by atoms with Gasteiger partial charge in [0.25, 0.3) is 5.91 Å². The Hall–Kier alpha value is -2.92. The first-order valence-electron chi connectivity index (χ1n) is 8.75. The van der Waals surface area contributed by atoms with E-state index in [2.05, 4.69) is 5.32 Å². The van der Waals surface area contributed by atoms with Crippen LogP contribution in [-0.4, -0.2) is 18.5 Å². The molecule has 2 aromatic carbocycles. The van der Waals surface area contributed by atoms with E-state index in [4.69, 9.17) is 4.74 Å². The minimum Gasteiger partial charge on any atom is -0.462 e. The van der Waals surface area contributed by atoms with Crippen LogP contribution in [0.2, 0.25) is 0 Å². The first-order chi connectivity index (χ1) is 13.0. The van der Waals surface area contributed by atoms with Crippen molar-refractivity contribution in [3.8, 4) is 11.1 Å². The molecule has 0 bridgehead atoms. The predicted molar refractivity (Wildman–Crippen MR) is 110 cm³/mol. The maximum Gasteiger partial charge on any atom is 0.341 e. The van der Waals surface area contributed by atoms with Crippen molar-refractivity contribution >= 4 is 28.2 Å². The Morgan fingerprint density at radius 1 is 1.04 bits per heavy atom. The first-order valence-corrected chi connectivity index (χ1v) is 9.56. The molecule has 0 aliphatic carbocycles. The standard InChI is InChI=1S/C22H21NO3S/c1-4-26-22(25)19-18(16-10-6-5-7-11-16)15(3)27-21(19)23-20(24)17-12-8-9-14(2)13-17/h5-13H,4H2,1-3H3,(H,23,24). The highest BCUT2D eigenvalue weighted by Crippen LogP contribution is 2.40. The molecule has 0 radical (unpaired) electrons. The van der Waals surface area contributed by atoms with Crippen LogP contribution in [-0.2, 0) is 4.74 Å². The monoisotopic (exact) mass is 379 g/mol. The van der Waals surface area contributed by atoms with Gasteiger partial charge in [0.1, 0.15) is 10.6 Å². The van der Waals surface area contributed by atoms with Gasteiger partial charge in [-0.05, 0) is 38.5 Å². The molecule has 1 amide bonds. The molecule has 0 fully saturated rings. The van der Waals surface area contributed by atoms with E-state index in [1.807, 2.05) is 62.4 Å². The largest absolute Gasteiger partial charge is 0.462 e. The Labute approximate surface area is 162 Å². The summed E-state index contributed by atoms with van der Waals surface area (Å²) in [5, 5.41) is 3.41.